The van der Waals surface area contributed by atoms with Crippen molar-refractivity contribution >= 4 is 5.96 Å². The highest BCUT2D eigenvalue weighted by Crippen LogP contribution is 2.39. The molecule has 4 N–H and O–H groups in total. The Labute approximate surface area is 112 Å². The third-order valence-corrected chi connectivity index (χ3v) is 3.78. The van der Waals surface area contributed by atoms with Gasteiger partial charge in [0.15, 0.2) is 5.96 Å². The maximum atomic E-state index is 5.43. The van der Waals surface area contributed by atoms with Crippen molar-refractivity contribution in [2.24, 2.45) is 27.8 Å². The van der Waals surface area contributed by atoms with Crippen molar-refractivity contribution in [3.63, 3.8) is 0 Å². The summed E-state index contributed by atoms with van der Waals surface area (Å²) in [6, 6.07) is 0.594. The lowest BCUT2D eigenvalue weighted by atomic mass is 9.82. The number of aliphatic imine (C=N–C) groups is 1. The van der Waals surface area contributed by atoms with Gasteiger partial charge in [0.2, 0.25) is 0 Å². The first-order valence-corrected chi connectivity index (χ1v) is 6.84. The predicted molar refractivity (Wildman–Crippen MR) is 78.5 cm³/mol. The molecule has 0 aromatic rings. The van der Waals surface area contributed by atoms with Crippen molar-refractivity contribution in [2.45, 2.75) is 59.5 Å². The summed E-state index contributed by atoms with van der Waals surface area (Å²) < 4.78 is 0. The van der Waals surface area contributed by atoms with E-state index in [2.05, 4.69) is 51.4 Å². The minimum absolute atomic E-state index is 0.199. The van der Waals surface area contributed by atoms with Crippen molar-refractivity contribution in [1.82, 2.24) is 4.90 Å². The highest BCUT2D eigenvalue weighted by Gasteiger charge is 2.43. The molecule has 0 amide bonds. The third-order valence-electron chi connectivity index (χ3n) is 3.78. The van der Waals surface area contributed by atoms with Gasteiger partial charge in [0.25, 0.3) is 0 Å². The Kier molecular flexibility index (Phi) is 4.31. The average Bonchev–Trinajstić information content (AvgIpc) is 2.56. The normalized spacial score (nSPS) is 26.3. The summed E-state index contributed by atoms with van der Waals surface area (Å²) >= 11 is 0. The number of nitrogens with zero attached hydrogens (tertiary/aromatic N) is 2. The van der Waals surface area contributed by atoms with Gasteiger partial charge in [-0.3, -0.25) is 9.89 Å². The van der Waals surface area contributed by atoms with E-state index in [4.69, 9.17) is 11.5 Å². The zero-order valence-electron chi connectivity index (χ0n) is 12.8. The van der Waals surface area contributed by atoms with E-state index in [1.807, 2.05) is 0 Å². The second-order valence-corrected chi connectivity index (χ2v) is 7.57. The minimum Gasteiger partial charge on any atom is -0.370 e. The van der Waals surface area contributed by atoms with Gasteiger partial charge in [-0.1, -0.05) is 20.8 Å². The molecule has 4 nitrogen and oxygen atoms in total. The highest BCUT2D eigenvalue weighted by molar-refractivity contribution is 5.75. The summed E-state index contributed by atoms with van der Waals surface area (Å²) in [5, 5.41) is 0. The predicted octanol–water partition coefficient (Wildman–Crippen LogP) is 1.79. The van der Waals surface area contributed by atoms with Crippen LogP contribution in [0.4, 0.5) is 0 Å². The molecule has 0 aliphatic carbocycles. The molecule has 0 bridgehead atoms. The van der Waals surface area contributed by atoms with Crippen LogP contribution >= 0.6 is 0 Å². The Balaban J connectivity index is 2.80. The smallest absolute Gasteiger partial charge is 0.185 e. The Bertz CT molecular complexity index is 283. The Morgan fingerprint density at radius 1 is 1.17 bits per heavy atom. The van der Waals surface area contributed by atoms with Crippen LogP contribution in [-0.4, -0.2) is 35.5 Å². The monoisotopic (exact) mass is 254 g/mol. The van der Waals surface area contributed by atoms with Crippen LogP contribution in [0.25, 0.3) is 0 Å². The number of hydrogen-bond acceptors (Lipinski definition) is 2. The highest BCUT2D eigenvalue weighted by atomic mass is 15.2. The molecule has 2 atom stereocenters. The molecule has 1 aliphatic rings. The molecule has 0 spiro atoms. The molecule has 1 heterocycles. The van der Waals surface area contributed by atoms with Crippen LogP contribution in [0.15, 0.2) is 4.99 Å². The molecular weight excluding hydrogens is 224 g/mol. The Morgan fingerprint density at radius 2 is 1.72 bits per heavy atom. The van der Waals surface area contributed by atoms with Crippen molar-refractivity contribution in [1.29, 1.82) is 0 Å². The topological polar surface area (TPSA) is 67.6 Å². The summed E-state index contributed by atoms with van der Waals surface area (Å²) in [6.07, 6.45) is 1.18. The third kappa shape index (κ3) is 3.87. The molecule has 1 saturated heterocycles. The van der Waals surface area contributed by atoms with Crippen molar-refractivity contribution in [2.75, 3.05) is 13.1 Å². The van der Waals surface area contributed by atoms with E-state index in [0.717, 1.165) is 13.1 Å². The molecule has 1 fully saturated rings. The Morgan fingerprint density at radius 3 is 2.06 bits per heavy atom. The lowest BCUT2D eigenvalue weighted by molar-refractivity contribution is 0.0575. The number of guanidine groups is 1. The van der Waals surface area contributed by atoms with Gasteiger partial charge < -0.3 is 11.5 Å². The fourth-order valence-corrected chi connectivity index (χ4v) is 2.85. The van der Waals surface area contributed by atoms with Gasteiger partial charge in [0, 0.05) is 24.7 Å². The Hall–Kier alpha value is -0.770. The minimum atomic E-state index is 0.199. The van der Waals surface area contributed by atoms with Crippen LogP contribution in [0, 0.1) is 11.3 Å². The van der Waals surface area contributed by atoms with Gasteiger partial charge in [-0.15, -0.1) is 0 Å². The summed E-state index contributed by atoms with van der Waals surface area (Å²) in [5.41, 5.74) is 11.3. The fraction of sp³-hybridized carbons (Fsp3) is 0.929. The molecule has 0 radical (unpaired) electrons. The van der Waals surface area contributed by atoms with Crippen LogP contribution in [0.1, 0.15) is 48.0 Å². The molecule has 106 valence electrons. The lowest BCUT2D eigenvalue weighted by Gasteiger charge is -2.43. The molecule has 1 aliphatic heterocycles. The van der Waals surface area contributed by atoms with Crippen molar-refractivity contribution in [3.8, 4) is 0 Å². The summed E-state index contributed by atoms with van der Waals surface area (Å²) in [5.74, 6) is 0.770. The summed E-state index contributed by atoms with van der Waals surface area (Å²) in [7, 11) is 0. The molecule has 0 aromatic carbocycles. The summed E-state index contributed by atoms with van der Waals surface area (Å²) in [4.78, 5) is 6.80. The van der Waals surface area contributed by atoms with Crippen LogP contribution in [-0.2, 0) is 0 Å². The van der Waals surface area contributed by atoms with Crippen LogP contribution in [0.3, 0.4) is 0 Å². The van der Waals surface area contributed by atoms with Gasteiger partial charge in [-0.25, -0.2) is 0 Å². The molecule has 2 unspecified atom stereocenters. The largest absolute Gasteiger partial charge is 0.370 e. The summed E-state index contributed by atoms with van der Waals surface area (Å²) in [6.45, 7) is 15.7. The molecule has 0 saturated carbocycles. The standard InChI is InChI=1S/C14H30N4/c1-13(2,3)11-7-10(8-17-12(15)16)9-18(11)14(4,5)6/h10-11H,7-9H2,1-6H3,(H4,15,16,17). The van der Waals surface area contributed by atoms with E-state index in [-0.39, 0.29) is 11.5 Å². The maximum absolute atomic E-state index is 5.43. The SMILES string of the molecule is CC(C)(C)C1CC(CN=C(N)N)CN1C(C)(C)C. The number of rotatable bonds is 2. The lowest BCUT2D eigenvalue weighted by Crippen LogP contribution is -2.49. The first-order chi connectivity index (χ1) is 8.01. The van der Waals surface area contributed by atoms with Crippen LogP contribution in [0.2, 0.25) is 0 Å². The molecule has 0 aromatic heterocycles. The van der Waals surface area contributed by atoms with Gasteiger partial charge in [-0.05, 0) is 38.5 Å². The van der Waals surface area contributed by atoms with E-state index in [1.165, 1.54) is 6.42 Å². The molecule has 4 heteroatoms. The number of hydrogen-bond donors (Lipinski definition) is 2. The van der Waals surface area contributed by atoms with E-state index < -0.39 is 0 Å². The molecular formula is C14H30N4. The van der Waals surface area contributed by atoms with E-state index in [1.54, 1.807) is 0 Å². The van der Waals surface area contributed by atoms with Gasteiger partial charge in [-0.2, -0.15) is 0 Å². The second-order valence-electron chi connectivity index (χ2n) is 7.57. The van der Waals surface area contributed by atoms with E-state index >= 15 is 0 Å². The first kappa shape index (κ1) is 15.3. The maximum Gasteiger partial charge on any atom is 0.185 e. The average molecular weight is 254 g/mol. The van der Waals surface area contributed by atoms with Crippen LogP contribution in [0.5, 0.6) is 0 Å². The molecule has 18 heavy (non-hydrogen) atoms. The quantitative estimate of drug-likeness (QED) is 0.583. The zero-order valence-corrected chi connectivity index (χ0v) is 12.8. The fourth-order valence-electron chi connectivity index (χ4n) is 2.85. The van der Waals surface area contributed by atoms with Gasteiger partial charge in [0.05, 0.1) is 0 Å². The second kappa shape index (κ2) is 5.08. The van der Waals surface area contributed by atoms with Gasteiger partial charge >= 0.3 is 0 Å². The van der Waals surface area contributed by atoms with Crippen LogP contribution < -0.4 is 11.5 Å². The van der Waals surface area contributed by atoms with E-state index in [0.29, 0.717) is 17.4 Å². The van der Waals surface area contributed by atoms with Crippen molar-refractivity contribution in [3.05, 3.63) is 0 Å². The zero-order chi connectivity index (χ0) is 14.1. The van der Waals surface area contributed by atoms with E-state index in [9.17, 15) is 0 Å². The van der Waals surface area contributed by atoms with Crippen molar-refractivity contribution < 1.29 is 0 Å². The first-order valence-electron chi connectivity index (χ1n) is 6.84. The number of nitrogens with two attached hydrogens (primary N) is 2. The number of likely N-dealkylation sites (tertiary alicyclic amines) is 1. The molecule has 1 rings (SSSR count). The van der Waals surface area contributed by atoms with Gasteiger partial charge in [0.1, 0.15) is 0 Å².